The predicted octanol–water partition coefficient (Wildman–Crippen LogP) is 3.75. The summed E-state index contributed by atoms with van der Waals surface area (Å²) in [5.41, 5.74) is 2.05. The van der Waals surface area contributed by atoms with Crippen LogP contribution in [0.2, 0.25) is 0 Å². The molecule has 0 spiro atoms. The van der Waals surface area contributed by atoms with Crippen molar-refractivity contribution < 1.29 is 24.2 Å². The van der Waals surface area contributed by atoms with Crippen LogP contribution in [0, 0.1) is 0 Å². The second kappa shape index (κ2) is 8.94. The molecule has 1 fully saturated rings. The highest BCUT2D eigenvalue weighted by atomic mass is 16.5. The van der Waals surface area contributed by atoms with Gasteiger partial charge in [0, 0.05) is 24.7 Å². The molecule has 2 aliphatic rings. The normalized spacial score (nSPS) is 19.7. The number of Topliss-reactive ketones (excluding diaryl/α,β-unsaturated/α-hetero) is 1. The van der Waals surface area contributed by atoms with E-state index in [1.165, 1.54) is 0 Å². The average molecular weight is 437 g/mol. The summed E-state index contributed by atoms with van der Waals surface area (Å²) < 4.78 is 11.2. The van der Waals surface area contributed by atoms with Crippen LogP contribution >= 0.6 is 0 Å². The number of aliphatic hydroxyl groups is 1. The second-order valence-corrected chi connectivity index (χ2v) is 8.04. The molecule has 0 saturated carbocycles. The Morgan fingerprint density at radius 2 is 2.00 bits per heavy atom. The first-order valence-corrected chi connectivity index (χ1v) is 10.9. The first-order valence-electron chi connectivity index (χ1n) is 10.9. The number of ketones is 1. The van der Waals surface area contributed by atoms with Gasteiger partial charge in [-0.15, -0.1) is 0 Å². The van der Waals surface area contributed by atoms with Crippen LogP contribution in [0.4, 0.5) is 5.69 Å². The Hall–Kier alpha value is -3.48. The fourth-order valence-electron chi connectivity index (χ4n) is 4.31. The third kappa shape index (κ3) is 3.68. The van der Waals surface area contributed by atoms with Gasteiger partial charge in [0.2, 0.25) is 0 Å². The maximum atomic E-state index is 13.1. The molecule has 0 aliphatic carbocycles. The monoisotopic (exact) mass is 436 g/mol. The second-order valence-electron chi connectivity index (χ2n) is 8.04. The van der Waals surface area contributed by atoms with E-state index >= 15 is 0 Å². The van der Waals surface area contributed by atoms with Crippen molar-refractivity contribution in [2.24, 2.45) is 0 Å². The molecule has 32 heavy (non-hydrogen) atoms. The van der Waals surface area contributed by atoms with E-state index in [1.807, 2.05) is 37.1 Å². The standard InChI is InChI=1S/C25H28N2O5/c1-4-5-12-27-22(17-8-6-7-9-19(17)31-3)21(24(29)25(27)30)23(28)16-10-11-20-18(15-16)26(2)13-14-32-20/h6-11,15,22,28H,4-5,12-14H2,1-3H3/b23-21+. The number of likely N-dealkylation sites (tertiary alicyclic amines) is 1. The Kier molecular flexibility index (Phi) is 6.08. The third-order valence-electron chi connectivity index (χ3n) is 6.05. The molecule has 2 aromatic carbocycles. The van der Waals surface area contributed by atoms with Crippen molar-refractivity contribution in [1.82, 2.24) is 4.90 Å². The number of hydrogen-bond donors (Lipinski definition) is 1. The van der Waals surface area contributed by atoms with Crippen molar-refractivity contribution in [3.8, 4) is 11.5 Å². The number of carbonyl (C=O) groups is 2. The highest BCUT2D eigenvalue weighted by molar-refractivity contribution is 6.46. The van der Waals surface area contributed by atoms with Gasteiger partial charge in [-0.05, 0) is 30.7 Å². The molecular weight excluding hydrogens is 408 g/mol. The number of nitrogens with zero attached hydrogens (tertiary/aromatic N) is 2. The smallest absolute Gasteiger partial charge is 0.295 e. The van der Waals surface area contributed by atoms with E-state index in [0.29, 0.717) is 30.0 Å². The van der Waals surface area contributed by atoms with E-state index < -0.39 is 17.7 Å². The number of amides is 1. The predicted molar refractivity (Wildman–Crippen MR) is 122 cm³/mol. The van der Waals surface area contributed by atoms with Crippen LogP contribution in [0.1, 0.15) is 36.9 Å². The van der Waals surface area contributed by atoms with Gasteiger partial charge in [-0.3, -0.25) is 9.59 Å². The van der Waals surface area contributed by atoms with E-state index in [1.54, 1.807) is 36.3 Å². The van der Waals surface area contributed by atoms with Crippen molar-refractivity contribution >= 4 is 23.1 Å². The molecule has 2 aromatic rings. The SMILES string of the molecule is CCCCN1C(=O)C(=O)/C(=C(/O)c2ccc3c(c2)N(C)CCO3)C1c1ccccc1OC. The van der Waals surface area contributed by atoms with Gasteiger partial charge in [0.1, 0.15) is 23.9 Å². The fourth-order valence-corrected chi connectivity index (χ4v) is 4.31. The lowest BCUT2D eigenvalue weighted by atomic mass is 9.94. The molecule has 0 radical (unpaired) electrons. The number of unbranched alkanes of at least 4 members (excludes halogenated alkanes) is 1. The van der Waals surface area contributed by atoms with E-state index in [2.05, 4.69) is 0 Å². The molecule has 1 unspecified atom stereocenters. The molecule has 7 nitrogen and oxygen atoms in total. The first-order chi connectivity index (χ1) is 15.5. The fraction of sp³-hybridized carbons (Fsp3) is 0.360. The molecule has 1 amide bonds. The zero-order valence-corrected chi connectivity index (χ0v) is 18.6. The highest BCUT2D eigenvalue weighted by Gasteiger charge is 2.46. The molecular formula is C25H28N2O5. The summed E-state index contributed by atoms with van der Waals surface area (Å²) >= 11 is 0. The largest absolute Gasteiger partial charge is 0.507 e. The Balaban J connectivity index is 1.88. The molecule has 4 rings (SSSR count). The summed E-state index contributed by atoms with van der Waals surface area (Å²) in [5, 5.41) is 11.3. The summed E-state index contributed by atoms with van der Waals surface area (Å²) in [4.78, 5) is 29.7. The van der Waals surface area contributed by atoms with Crippen LogP contribution in [0.3, 0.4) is 0 Å². The zero-order chi connectivity index (χ0) is 22.8. The Morgan fingerprint density at radius 3 is 2.75 bits per heavy atom. The summed E-state index contributed by atoms with van der Waals surface area (Å²) in [5.74, 6) is -0.198. The maximum Gasteiger partial charge on any atom is 0.295 e. The van der Waals surface area contributed by atoms with Gasteiger partial charge in [-0.25, -0.2) is 0 Å². The van der Waals surface area contributed by atoms with Crippen LogP contribution in [0.25, 0.3) is 5.76 Å². The van der Waals surface area contributed by atoms with Gasteiger partial charge in [-0.1, -0.05) is 31.5 Å². The van der Waals surface area contributed by atoms with Crippen LogP contribution in [0.5, 0.6) is 11.5 Å². The van der Waals surface area contributed by atoms with Crippen molar-refractivity contribution in [2.45, 2.75) is 25.8 Å². The summed E-state index contributed by atoms with van der Waals surface area (Å²) in [7, 11) is 3.50. The van der Waals surface area contributed by atoms with E-state index in [9.17, 15) is 14.7 Å². The van der Waals surface area contributed by atoms with Gasteiger partial charge in [0.15, 0.2) is 0 Å². The molecule has 7 heteroatoms. The number of anilines is 1. The van der Waals surface area contributed by atoms with Crippen molar-refractivity contribution in [2.75, 3.05) is 38.8 Å². The number of likely N-dealkylation sites (N-methyl/N-ethyl adjacent to an activating group) is 1. The number of fused-ring (bicyclic) bond motifs is 1. The lowest BCUT2D eigenvalue weighted by Crippen LogP contribution is -2.30. The lowest BCUT2D eigenvalue weighted by Gasteiger charge is -2.28. The van der Waals surface area contributed by atoms with Gasteiger partial charge in [0.25, 0.3) is 11.7 Å². The van der Waals surface area contributed by atoms with Gasteiger partial charge in [0.05, 0.1) is 31.0 Å². The summed E-state index contributed by atoms with van der Waals surface area (Å²) in [6.45, 7) is 3.76. The minimum absolute atomic E-state index is 0.0786. The van der Waals surface area contributed by atoms with Crippen LogP contribution in [-0.2, 0) is 9.59 Å². The number of hydrogen-bond acceptors (Lipinski definition) is 6. The van der Waals surface area contributed by atoms with E-state index in [4.69, 9.17) is 9.47 Å². The van der Waals surface area contributed by atoms with Gasteiger partial charge in [-0.2, -0.15) is 0 Å². The van der Waals surface area contributed by atoms with Crippen molar-refractivity contribution in [1.29, 1.82) is 0 Å². The van der Waals surface area contributed by atoms with Crippen LogP contribution in [-0.4, -0.2) is 55.6 Å². The lowest BCUT2D eigenvalue weighted by molar-refractivity contribution is -0.139. The van der Waals surface area contributed by atoms with Gasteiger partial charge < -0.3 is 24.4 Å². The molecule has 168 valence electrons. The molecule has 2 heterocycles. The Morgan fingerprint density at radius 1 is 1.22 bits per heavy atom. The summed E-state index contributed by atoms with van der Waals surface area (Å²) in [6, 6.07) is 11.9. The van der Waals surface area contributed by atoms with Crippen LogP contribution in [0.15, 0.2) is 48.0 Å². The maximum absolute atomic E-state index is 13.1. The number of para-hydroxylation sites is 1. The Bertz CT molecular complexity index is 1080. The number of aliphatic hydroxyl groups excluding tert-OH is 1. The van der Waals surface area contributed by atoms with E-state index in [0.717, 1.165) is 30.8 Å². The van der Waals surface area contributed by atoms with Crippen LogP contribution < -0.4 is 14.4 Å². The molecule has 0 bridgehead atoms. The molecule has 1 atom stereocenters. The number of rotatable bonds is 6. The minimum atomic E-state index is -0.720. The Labute approximate surface area is 187 Å². The highest BCUT2D eigenvalue weighted by Crippen LogP contribution is 2.43. The topological polar surface area (TPSA) is 79.3 Å². The van der Waals surface area contributed by atoms with Crippen molar-refractivity contribution in [3.63, 3.8) is 0 Å². The number of benzene rings is 2. The quantitative estimate of drug-likeness (QED) is 0.422. The first kappa shape index (κ1) is 21.7. The number of ether oxygens (including phenoxy) is 2. The third-order valence-corrected chi connectivity index (χ3v) is 6.05. The molecule has 1 N–H and O–H groups in total. The minimum Gasteiger partial charge on any atom is -0.507 e. The van der Waals surface area contributed by atoms with Gasteiger partial charge >= 0.3 is 0 Å². The zero-order valence-electron chi connectivity index (χ0n) is 18.6. The molecule has 0 aromatic heterocycles. The number of methoxy groups -OCH3 is 1. The summed E-state index contributed by atoms with van der Waals surface area (Å²) in [6.07, 6.45) is 1.62. The van der Waals surface area contributed by atoms with E-state index in [-0.39, 0.29) is 11.3 Å². The van der Waals surface area contributed by atoms with Crippen molar-refractivity contribution in [3.05, 3.63) is 59.2 Å². The molecule has 1 saturated heterocycles. The molecule has 2 aliphatic heterocycles. The number of carbonyl (C=O) groups excluding carboxylic acids is 2. The average Bonchev–Trinajstić information content (AvgIpc) is 3.07.